The molecule has 0 amide bonds. The molecule has 17 heavy (non-hydrogen) atoms. The molecule has 0 bridgehead atoms. The fourth-order valence-electron chi connectivity index (χ4n) is 2.14. The number of aryl methyl sites for hydroxylation is 2. The van der Waals surface area contributed by atoms with E-state index in [9.17, 15) is 0 Å². The number of benzene rings is 1. The van der Waals surface area contributed by atoms with Gasteiger partial charge in [-0.2, -0.15) is 5.26 Å². The first-order valence-corrected chi connectivity index (χ1v) is 6.19. The molecule has 0 aliphatic carbocycles. The first-order chi connectivity index (χ1) is 8.30. The van der Waals surface area contributed by atoms with E-state index in [1.807, 2.05) is 18.2 Å². The normalized spacial score (nSPS) is 10.6. The maximum atomic E-state index is 8.90. The van der Waals surface area contributed by atoms with Crippen LogP contribution in [-0.4, -0.2) is 9.55 Å². The molecule has 1 aromatic carbocycles. The zero-order chi connectivity index (χ0) is 12.3. The molecule has 1 aromatic heterocycles. The summed E-state index contributed by atoms with van der Waals surface area (Å²) in [6, 6.07) is 7.91. The molecule has 2 rings (SSSR count). The van der Waals surface area contributed by atoms with Crippen molar-refractivity contribution in [2.75, 3.05) is 0 Å². The van der Waals surface area contributed by atoms with Crippen LogP contribution >= 0.6 is 0 Å². The Balaban J connectivity index is 2.57. The van der Waals surface area contributed by atoms with Gasteiger partial charge in [0.15, 0.2) is 0 Å². The van der Waals surface area contributed by atoms with E-state index >= 15 is 0 Å². The largest absolute Gasteiger partial charge is 0.328 e. The van der Waals surface area contributed by atoms with Gasteiger partial charge in [0, 0.05) is 13.0 Å². The van der Waals surface area contributed by atoms with Gasteiger partial charge in [0.05, 0.1) is 22.7 Å². The smallest absolute Gasteiger partial charge is 0.109 e. The Hall–Kier alpha value is -1.82. The summed E-state index contributed by atoms with van der Waals surface area (Å²) in [4.78, 5) is 4.64. The molecule has 3 nitrogen and oxygen atoms in total. The van der Waals surface area contributed by atoms with Crippen molar-refractivity contribution in [3.63, 3.8) is 0 Å². The van der Waals surface area contributed by atoms with Crippen LogP contribution in [0.2, 0.25) is 0 Å². The van der Waals surface area contributed by atoms with Gasteiger partial charge in [0.25, 0.3) is 0 Å². The van der Waals surface area contributed by atoms with Crippen LogP contribution in [0, 0.1) is 11.3 Å². The van der Waals surface area contributed by atoms with E-state index in [4.69, 9.17) is 5.26 Å². The monoisotopic (exact) mass is 227 g/mol. The molecule has 0 radical (unpaired) electrons. The molecule has 0 saturated carbocycles. The van der Waals surface area contributed by atoms with Crippen molar-refractivity contribution in [3.05, 3.63) is 29.6 Å². The van der Waals surface area contributed by atoms with E-state index in [0.717, 1.165) is 42.7 Å². The maximum absolute atomic E-state index is 8.90. The van der Waals surface area contributed by atoms with Crippen molar-refractivity contribution in [1.29, 1.82) is 5.26 Å². The van der Waals surface area contributed by atoms with Crippen molar-refractivity contribution in [2.45, 2.75) is 39.7 Å². The van der Waals surface area contributed by atoms with E-state index < -0.39 is 0 Å². The molecule has 2 aromatic rings. The average molecular weight is 227 g/mol. The van der Waals surface area contributed by atoms with Crippen molar-refractivity contribution < 1.29 is 0 Å². The molecule has 88 valence electrons. The van der Waals surface area contributed by atoms with Gasteiger partial charge in [-0.15, -0.1) is 0 Å². The highest BCUT2D eigenvalue weighted by atomic mass is 15.1. The maximum Gasteiger partial charge on any atom is 0.109 e. The molecule has 0 saturated heterocycles. The van der Waals surface area contributed by atoms with Crippen molar-refractivity contribution >= 4 is 11.0 Å². The topological polar surface area (TPSA) is 41.6 Å². The summed E-state index contributed by atoms with van der Waals surface area (Å²) in [7, 11) is 0. The zero-order valence-electron chi connectivity index (χ0n) is 10.4. The Morgan fingerprint density at radius 2 is 2.12 bits per heavy atom. The van der Waals surface area contributed by atoms with Gasteiger partial charge in [0.2, 0.25) is 0 Å². The molecular formula is C14H17N3. The minimum Gasteiger partial charge on any atom is -0.328 e. The molecule has 0 spiro atoms. The number of hydrogen-bond acceptors (Lipinski definition) is 2. The second kappa shape index (κ2) is 5.01. The summed E-state index contributed by atoms with van der Waals surface area (Å²) in [6.45, 7) is 5.33. The van der Waals surface area contributed by atoms with Gasteiger partial charge in [-0.25, -0.2) is 4.98 Å². The van der Waals surface area contributed by atoms with Crippen LogP contribution in [0.3, 0.4) is 0 Å². The Labute approximate surface area is 102 Å². The Kier molecular flexibility index (Phi) is 3.43. The Morgan fingerprint density at radius 1 is 1.29 bits per heavy atom. The molecule has 0 fully saturated rings. The van der Waals surface area contributed by atoms with Gasteiger partial charge in [-0.05, 0) is 31.0 Å². The van der Waals surface area contributed by atoms with Crippen LogP contribution in [-0.2, 0) is 13.0 Å². The second-order valence-corrected chi connectivity index (χ2v) is 4.24. The predicted octanol–water partition coefficient (Wildman–Crippen LogP) is 3.27. The quantitative estimate of drug-likeness (QED) is 0.804. The van der Waals surface area contributed by atoms with Gasteiger partial charge in [-0.1, -0.05) is 13.8 Å². The first-order valence-electron chi connectivity index (χ1n) is 6.19. The third-order valence-corrected chi connectivity index (χ3v) is 2.88. The van der Waals surface area contributed by atoms with E-state index in [0.29, 0.717) is 5.56 Å². The number of aromatic nitrogens is 2. The van der Waals surface area contributed by atoms with Gasteiger partial charge in [-0.3, -0.25) is 0 Å². The van der Waals surface area contributed by atoms with Gasteiger partial charge in [0.1, 0.15) is 5.82 Å². The molecule has 1 heterocycles. The third-order valence-electron chi connectivity index (χ3n) is 2.88. The minimum atomic E-state index is 0.682. The molecule has 0 aliphatic heterocycles. The lowest BCUT2D eigenvalue weighted by molar-refractivity contribution is 0.646. The van der Waals surface area contributed by atoms with E-state index in [1.165, 1.54) is 0 Å². The summed E-state index contributed by atoms with van der Waals surface area (Å²) in [6.07, 6.45) is 3.19. The first kappa shape index (κ1) is 11.7. The minimum absolute atomic E-state index is 0.682. The molecule has 0 aliphatic rings. The summed E-state index contributed by atoms with van der Waals surface area (Å²) < 4.78 is 2.28. The zero-order valence-corrected chi connectivity index (χ0v) is 10.4. The SMILES string of the molecule is CCCc1nc2cc(C#N)ccc2n1CCC. The number of nitriles is 1. The molecule has 3 heteroatoms. The highest BCUT2D eigenvalue weighted by molar-refractivity contribution is 5.77. The van der Waals surface area contributed by atoms with Crippen molar-refractivity contribution in [2.24, 2.45) is 0 Å². The number of rotatable bonds is 4. The molecule has 0 unspecified atom stereocenters. The Morgan fingerprint density at radius 3 is 2.76 bits per heavy atom. The fraction of sp³-hybridized carbons (Fsp3) is 0.429. The van der Waals surface area contributed by atoms with Crippen LogP contribution in [0.15, 0.2) is 18.2 Å². The number of hydrogen-bond donors (Lipinski definition) is 0. The van der Waals surface area contributed by atoms with Crippen molar-refractivity contribution in [3.8, 4) is 6.07 Å². The molecular weight excluding hydrogens is 210 g/mol. The van der Waals surface area contributed by atoms with E-state index in [1.54, 1.807) is 0 Å². The lowest BCUT2D eigenvalue weighted by Gasteiger charge is -2.06. The average Bonchev–Trinajstić information content (AvgIpc) is 2.68. The molecule has 0 atom stereocenters. The van der Waals surface area contributed by atoms with E-state index in [-0.39, 0.29) is 0 Å². The standard InChI is InChI=1S/C14H17N3/c1-3-5-14-16-12-9-11(10-15)6-7-13(12)17(14)8-4-2/h6-7,9H,3-5,8H2,1-2H3. The Bertz CT molecular complexity index is 561. The number of nitrogens with zero attached hydrogens (tertiary/aromatic N) is 3. The van der Waals surface area contributed by atoms with Gasteiger partial charge < -0.3 is 4.57 Å². The van der Waals surface area contributed by atoms with Gasteiger partial charge >= 0.3 is 0 Å². The van der Waals surface area contributed by atoms with Crippen LogP contribution in [0.4, 0.5) is 0 Å². The highest BCUT2D eigenvalue weighted by Crippen LogP contribution is 2.19. The van der Waals surface area contributed by atoms with Crippen LogP contribution < -0.4 is 0 Å². The number of imidazole rings is 1. The van der Waals surface area contributed by atoms with Crippen LogP contribution in [0.25, 0.3) is 11.0 Å². The second-order valence-electron chi connectivity index (χ2n) is 4.24. The summed E-state index contributed by atoms with van der Waals surface area (Å²) in [5, 5.41) is 8.90. The highest BCUT2D eigenvalue weighted by Gasteiger charge is 2.09. The van der Waals surface area contributed by atoms with Crippen LogP contribution in [0.1, 0.15) is 38.1 Å². The summed E-state index contributed by atoms with van der Waals surface area (Å²) >= 11 is 0. The fourth-order valence-corrected chi connectivity index (χ4v) is 2.14. The predicted molar refractivity (Wildman–Crippen MR) is 68.7 cm³/mol. The van der Waals surface area contributed by atoms with E-state index in [2.05, 4.69) is 29.5 Å². The molecule has 0 N–H and O–H groups in total. The third kappa shape index (κ3) is 2.16. The lowest BCUT2D eigenvalue weighted by atomic mass is 10.2. The van der Waals surface area contributed by atoms with Crippen molar-refractivity contribution in [1.82, 2.24) is 9.55 Å². The lowest BCUT2D eigenvalue weighted by Crippen LogP contribution is -2.02. The summed E-state index contributed by atoms with van der Waals surface area (Å²) in [5.74, 6) is 1.14. The summed E-state index contributed by atoms with van der Waals surface area (Å²) in [5.41, 5.74) is 2.77. The number of fused-ring (bicyclic) bond motifs is 1. The van der Waals surface area contributed by atoms with Crippen LogP contribution in [0.5, 0.6) is 0 Å².